The fraction of sp³-hybridized carbons (Fsp3) is 0.500. The van der Waals surface area contributed by atoms with Crippen LogP contribution in [-0.2, 0) is 0 Å². The van der Waals surface area contributed by atoms with E-state index < -0.39 is 0 Å². The van der Waals surface area contributed by atoms with Crippen LogP contribution in [0, 0.1) is 0 Å². The topological polar surface area (TPSA) is 46.8 Å². The minimum Gasteiger partial charge on any atom is -0.372 e. The molecule has 20 heavy (non-hydrogen) atoms. The van der Waals surface area contributed by atoms with Crippen LogP contribution in [0.5, 0.6) is 0 Å². The van der Waals surface area contributed by atoms with Crippen molar-refractivity contribution in [2.24, 2.45) is 15.3 Å². The van der Waals surface area contributed by atoms with Gasteiger partial charge in [-0.05, 0) is 38.1 Å². The van der Waals surface area contributed by atoms with Crippen molar-refractivity contribution in [3.8, 4) is 0 Å². The number of guanidine groups is 1. The Labute approximate surface area is 120 Å². The molecule has 0 radical (unpaired) electrons. The van der Waals surface area contributed by atoms with Crippen LogP contribution in [0.15, 0.2) is 39.6 Å². The van der Waals surface area contributed by atoms with Crippen molar-refractivity contribution >= 4 is 17.3 Å². The fourth-order valence-corrected chi connectivity index (χ4v) is 2.15. The van der Waals surface area contributed by atoms with Gasteiger partial charge in [0.05, 0.1) is 5.69 Å². The van der Waals surface area contributed by atoms with Gasteiger partial charge in [-0.1, -0.05) is 0 Å². The summed E-state index contributed by atoms with van der Waals surface area (Å²) in [4.78, 5) is 4.25. The molecule has 1 heterocycles. The highest BCUT2D eigenvalue weighted by molar-refractivity contribution is 5.81. The first-order chi connectivity index (χ1) is 9.63. The number of hydrogen-bond donors (Lipinski definition) is 0. The average Bonchev–Trinajstić information content (AvgIpc) is 2.77. The minimum absolute atomic E-state index is 0.639. The Morgan fingerprint density at radius 2 is 1.75 bits per heavy atom. The van der Waals surface area contributed by atoms with Gasteiger partial charge in [-0.3, -0.25) is 5.01 Å². The minimum atomic E-state index is 0.639. The van der Waals surface area contributed by atoms with Crippen LogP contribution in [-0.4, -0.2) is 49.7 Å². The normalized spacial score (nSPS) is 15.1. The molecule has 6 heteroatoms. The van der Waals surface area contributed by atoms with Gasteiger partial charge in [-0.15, -0.1) is 15.3 Å². The highest BCUT2D eigenvalue weighted by atomic mass is 15.6. The molecule has 0 unspecified atom stereocenters. The van der Waals surface area contributed by atoms with Gasteiger partial charge in [0.25, 0.3) is 5.96 Å². The van der Waals surface area contributed by atoms with Gasteiger partial charge in [-0.2, -0.15) is 0 Å². The molecule has 0 amide bonds. The number of benzene rings is 1. The summed E-state index contributed by atoms with van der Waals surface area (Å²) >= 11 is 0. The molecule has 1 aromatic carbocycles. The van der Waals surface area contributed by atoms with Gasteiger partial charge >= 0.3 is 0 Å². The van der Waals surface area contributed by atoms with Crippen molar-refractivity contribution in [3.63, 3.8) is 0 Å². The molecular formula is C14H22N6. The summed E-state index contributed by atoms with van der Waals surface area (Å²) in [6.07, 6.45) is 0. The number of nitrogens with zero attached hydrogens (tertiary/aromatic N) is 6. The maximum absolute atomic E-state index is 4.26. The molecule has 1 aromatic rings. The number of anilines is 1. The highest BCUT2D eigenvalue weighted by Gasteiger charge is 2.15. The lowest BCUT2D eigenvalue weighted by Gasteiger charge is -2.20. The van der Waals surface area contributed by atoms with E-state index in [0.717, 1.165) is 25.4 Å². The Morgan fingerprint density at radius 1 is 1.10 bits per heavy atom. The molecule has 0 saturated heterocycles. The summed E-state index contributed by atoms with van der Waals surface area (Å²) in [6.45, 7) is 7.06. The zero-order valence-electron chi connectivity index (χ0n) is 12.6. The third-order valence-corrected chi connectivity index (χ3v) is 3.25. The van der Waals surface area contributed by atoms with E-state index in [1.807, 2.05) is 36.1 Å². The second-order valence-electron chi connectivity index (χ2n) is 4.79. The molecular weight excluding hydrogens is 252 g/mol. The van der Waals surface area contributed by atoms with Gasteiger partial charge in [0.2, 0.25) is 0 Å². The third-order valence-electron chi connectivity index (χ3n) is 3.25. The molecule has 0 fully saturated rings. The third kappa shape index (κ3) is 3.26. The maximum Gasteiger partial charge on any atom is 0.263 e. The van der Waals surface area contributed by atoms with Crippen LogP contribution in [0.25, 0.3) is 0 Å². The van der Waals surface area contributed by atoms with E-state index in [9.17, 15) is 0 Å². The molecule has 0 aromatic heterocycles. The van der Waals surface area contributed by atoms with E-state index in [-0.39, 0.29) is 0 Å². The lowest BCUT2D eigenvalue weighted by atomic mass is 10.2. The maximum atomic E-state index is 4.26. The molecule has 0 atom stereocenters. The quantitative estimate of drug-likeness (QED) is 0.793. The van der Waals surface area contributed by atoms with E-state index >= 15 is 0 Å². The summed E-state index contributed by atoms with van der Waals surface area (Å²) in [5.74, 6) is 0.639. The van der Waals surface area contributed by atoms with Crippen molar-refractivity contribution in [2.75, 3.05) is 38.8 Å². The first-order valence-corrected chi connectivity index (χ1v) is 6.91. The molecule has 0 spiro atoms. The molecule has 0 N–H and O–H groups in total. The molecule has 2 rings (SSSR count). The monoisotopic (exact) mass is 274 g/mol. The van der Waals surface area contributed by atoms with Crippen molar-refractivity contribution in [1.82, 2.24) is 9.91 Å². The molecule has 108 valence electrons. The standard InChI is InChI=1S/C14H22N6/c1-5-20(6-2)13-9-7-12(8-10-13)15-16-14-17-19(4)11-18(14)3/h7-10H,5-6,11H2,1-4H3. The lowest BCUT2D eigenvalue weighted by molar-refractivity contribution is 0.302. The molecule has 0 bridgehead atoms. The van der Waals surface area contributed by atoms with Crippen molar-refractivity contribution in [3.05, 3.63) is 24.3 Å². The number of azo groups is 1. The summed E-state index contributed by atoms with van der Waals surface area (Å²) in [5, 5.41) is 14.5. The lowest BCUT2D eigenvalue weighted by Crippen LogP contribution is -2.23. The molecule has 1 aliphatic heterocycles. The van der Waals surface area contributed by atoms with E-state index in [1.54, 1.807) is 0 Å². The van der Waals surface area contributed by atoms with Gasteiger partial charge in [0, 0.05) is 32.9 Å². The van der Waals surface area contributed by atoms with Crippen molar-refractivity contribution in [2.45, 2.75) is 13.8 Å². The number of hydrogen-bond acceptors (Lipinski definition) is 6. The predicted molar refractivity (Wildman–Crippen MR) is 82.3 cm³/mol. The van der Waals surface area contributed by atoms with E-state index in [1.165, 1.54) is 5.69 Å². The van der Waals surface area contributed by atoms with Crippen LogP contribution < -0.4 is 4.90 Å². The molecule has 6 nitrogen and oxygen atoms in total. The average molecular weight is 274 g/mol. The van der Waals surface area contributed by atoms with E-state index in [4.69, 9.17) is 0 Å². The summed E-state index contributed by atoms with van der Waals surface area (Å²) in [6, 6.07) is 8.12. The van der Waals surface area contributed by atoms with Crippen molar-refractivity contribution < 1.29 is 0 Å². The van der Waals surface area contributed by atoms with Crippen molar-refractivity contribution in [1.29, 1.82) is 0 Å². The van der Waals surface area contributed by atoms with Gasteiger partial charge in [0.1, 0.15) is 6.67 Å². The first kappa shape index (κ1) is 14.3. The summed E-state index contributed by atoms with van der Waals surface area (Å²) in [5.41, 5.74) is 2.05. The molecule has 0 saturated carbocycles. The van der Waals surface area contributed by atoms with Gasteiger partial charge in [-0.25, -0.2) is 0 Å². The van der Waals surface area contributed by atoms with Crippen LogP contribution >= 0.6 is 0 Å². The zero-order chi connectivity index (χ0) is 14.5. The van der Waals surface area contributed by atoms with Gasteiger partial charge < -0.3 is 9.80 Å². The number of hydrazone groups is 1. The number of rotatable bonds is 4. The fourth-order valence-electron chi connectivity index (χ4n) is 2.15. The predicted octanol–water partition coefficient (Wildman–Crippen LogP) is 2.72. The van der Waals surface area contributed by atoms with E-state index in [2.05, 4.69) is 46.2 Å². The van der Waals surface area contributed by atoms with Gasteiger partial charge in [0.15, 0.2) is 0 Å². The molecule has 1 aliphatic rings. The summed E-state index contributed by atoms with van der Waals surface area (Å²) < 4.78 is 0. The smallest absolute Gasteiger partial charge is 0.263 e. The first-order valence-electron chi connectivity index (χ1n) is 6.91. The second-order valence-corrected chi connectivity index (χ2v) is 4.79. The Kier molecular flexibility index (Phi) is 4.55. The Balaban J connectivity index is 2.06. The van der Waals surface area contributed by atoms with Crippen LogP contribution in [0.2, 0.25) is 0 Å². The highest BCUT2D eigenvalue weighted by Crippen LogP contribution is 2.20. The Bertz CT molecular complexity index is 489. The second kappa shape index (κ2) is 6.36. The Hall–Kier alpha value is -2.11. The largest absolute Gasteiger partial charge is 0.372 e. The SMILES string of the molecule is CCN(CC)c1ccc(N=NC2=NN(C)CN2C)cc1. The van der Waals surface area contributed by atoms with Crippen LogP contribution in [0.4, 0.5) is 11.4 Å². The molecule has 0 aliphatic carbocycles. The zero-order valence-corrected chi connectivity index (χ0v) is 12.6. The Morgan fingerprint density at radius 3 is 2.25 bits per heavy atom. The van der Waals surface area contributed by atoms with Crippen LogP contribution in [0.3, 0.4) is 0 Å². The summed E-state index contributed by atoms with van der Waals surface area (Å²) in [7, 11) is 3.86. The van der Waals surface area contributed by atoms with E-state index in [0.29, 0.717) is 5.96 Å². The van der Waals surface area contributed by atoms with Crippen LogP contribution in [0.1, 0.15) is 13.8 Å².